The van der Waals surface area contributed by atoms with E-state index in [9.17, 15) is 14.4 Å². The van der Waals surface area contributed by atoms with Crippen molar-refractivity contribution in [1.29, 1.82) is 0 Å². The summed E-state index contributed by atoms with van der Waals surface area (Å²) in [6.07, 6.45) is -0.168. The van der Waals surface area contributed by atoms with Crippen LogP contribution in [0.25, 0.3) is 0 Å². The Morgan fingerprint density at radius 3 is 1.93 bits per heavy atom. The van der Waals surface area contributed by atoms with Crippen molar-refractivity contribution in [3.63, 3.8) is 0 Å². The summed E-state index contributed by atoms with van der Waals surface area (Å²) in [7, 11) is 0. The van der Waals surface area contributed by atoms with Crippen LogP contribution in [-0.2, 0) is 19.1 Å². The summed E-state index contributed by atoms with van der Waals surface area (Å²) in [5, 5.41) is 0. The fraction of sp³-hybridized carbons (Fsp3) is 0.727. The lowest BCUT2D eigenvalue weighted by Gasteiger charge is -2.19. The summed E-state index contributed by atoms with van der Waals surface area (Å²) in [5.74, 6) is -1.10. The second-order valence-corrected chi connectivity index (χ2v) is 4.37. The predicted molar refractivity (Wildman–Crippen MR) is 55.4 cm³/mol. The lowest BCUT2D eigenvalue weighted by Crippen LogP contribution is -2.25. The van der Waals surface area contributed by atoms with Gasteiger partial charge in [-0.1, -0.05) is 6.92 Å². The SMILES string of the molecule is CCC(=O)CC(=O)CC(=O)OC(C)(C)C. The van der Waals surface area contributed by atoms with Gasteiger partial charge >= 0.3 is 5.97 Å². The Morgan fingerprint density at radius 1 is 1.00 bits per heavy atom. The molecule has 0 saturated heterocycles. The van der Waals surface area contributed by atoms with Gasteiger partial charge in [0.05, 0.1) is 6.42 Å². The van der Waals surface area contributed by atoms with Gasteiger partial charge in [0.15, 0.2) is 5.78 Å². The Hall–Kier alpha value is -1.19. The molecule has 0 aliphatic carbocycles. The van der Waals surface area contributed by atoms with Gasteiger partial charge in [0.1, 0.15) is 17.8 Å². The van der Waals surface area contributed by atoms with Crippen LogP contribution >= 0.6 is 0 Å². The minimum atomic E-state index is -0.591. The number of hydrogen-bond donors (Lipinski definition) is 0. The molecule has 0 saturated carbocycles. The largest absolute Gasteiger partial charge is 0.460 e. The summed E-state index contributed by atoms with van der Waals surface area (Å²) in [4.78, 5) is 33.3. The fourth-order valence-electron chi connectivity index (χ4n) is 0.946. The number of ketones is 2. The number of esters is 1. The van der Waals surface area contributed by atoms with E-state index >= 15 is 0 Å². The zero-order chi connectivity index (χ0) is 12.1. The Labute approximate surface area is 90.0 Å². The molecule has 86 valence electrons. The number of carbonyl (C=O) groups excluding carboxylic acids is 3. The molecule has 0 unspecified atom stereocenters. The summed E-state index contributed by atoms with van der Waals surface area (Å²) in [6, 6.07) is 0. The molecule has 4 nitrogen and oxygen atoms in total. The summed E-state index contributed by atoms with van der Waals surface area (Å²) in [5.41, 5.74) is -0.591. The van der Waals surface area contributed by atoms with E-state index < -0.39 is 11.6 Å². The quantitative estimate of drug-likeness (QED) is 0.515. The zero-order valence-corrected chi connectivity index (χ0v) is 9.75. The number of Topliss-reactive ketones (excluding diaryl/α,β-unsaturated/α-hetero) is 2. The Kier molecular flexibility index (Phi) is 5.19. The molecule has 15 heavy (non-hydrogen) atoms. The van der Waals surface area contributed by atoms with Crippen LogP contribution in [0.15, 0.2) is 0 Å². The number of carbonyl (C=O) groups is 3. The molecule has 0 amide bonds. The summed E-state index contributed by atoms with van der Waals surface area (Å²) in [6.45, 7) is 6.87. The van der Waals surface area contributed by atoms with Gasteiger partial charge in [-0.05, 0) is 20.8 Å². The molecule has 0 atom stereocenters. The molecular weight excluding hydrogens is 196 g/mol. The van der Waals surface area contributed by atoms with Crippen LogP contribution in [0.5, 0.6) is 0 Å². The van der Waals surface area contributed by atoms with Gasteiger partial charge < -0.3 is 4.74 Å². The minimum absolute atomic E-state index is 0.149. The molecule has 0 spiro atoms. The smallest absolute Gasteiger partial charge is 0.313 e. The van der Waals surface area contributed by atoms with E-state index in [-0.39, 0.29) is 24.4 Å². The number of rotatable bonds is 5. The minimum Gasteiger partial charge on any atom is -0.460 e. The highest BCUT2D eigenvalue weighted by molar-refractivity contribution is 6.05. The van der Waals surface area contributed by atoms with Crippen molar-refractivity contribution in [2.45, 2.75) is 52.6 Å². The third kappa shape index (κ3) is 7.85. The average molecular weight is 214 g/mol. The lowest BCUT2D eigenvalue weighted by molar-refractivity contribution is -0.156. The first-order valence-electron chi connectivity index (χ1n) is 5.00. The van der Waals surface area contributed by atoms with Crippen molar-refractivity contribution in [2.24, 2.45) is 0 Å². The van der Waals surface area contributed by atoms with Crippen molar-refractivity contribution in [3.8, 4) is 0 Å². The Bertz CT molecular complexity index is 260. The number of hydrogen-bond acceptors (Lipinski definition) is 4. The van der Waals surface area contributed by atoms with Crippen molar-refractivity contribution in [3.05, 3.63) is 0 Å². The third-order valence-electron chi connectivity index (χ3n) is 1.55. The average Bonchev–Trinajstić information content (AvgIpc) is 1.99. The molecule has 0 aliphatic heterocycles. The van der Waals surface area contributed by atoms with E-state index in [4.69, 9.17) is 4.74 Å². The van der Waals surface area contributed by atoms with Crippen LogP contribution in [0.3, 0.4) is 0 Å². The maximum Gasteiger partial charge on any atom is 0.313 e. The Balaban J connectivity index is 3.98. The normalized spacial score (nSPS) is 10.9. The van der Waals surface area contributed by atoms with Gasteiger partial charge in [-0.25, -0.2) is 0 Å². The van der Waals surface area contributed by atoms with Crippen LogP contribution in [0.2, 0.25) is 0 Å². The third-order valence-corrected chi connectivity index (χ3v) is 1.55. The highest BCUT2D eigenvalue weighted by atomic mass is 16.6. The molecule has 0 aromatic heterocycles. The van der Waals surface area contributed by atoms with E-state index in [1.165, 1.54) is 0 Å². The van der Waals surface area contributed by atoms with E-state index in [0.717, 1.165) is 0 Å². The highest BCUT2D eigenvalue weighted by Gasteiger charge is 2.19. The van der Waals surface area contributed by atoms with Gasteiger partial charge in [-0.3, -0.25) is 14.4 Å². The molecule has 0 rings (SSSR count). The van der Waals surface area contributed by atoms with Gasteiger partial charge in [0.25, 0.3) is 0 Å². The van der Waals surface area contributed by atoms with Crippen LogP contribution in [0.4, 0.5) is 0 Å². The topological polar surface area (TPSA) is 60.4 Å². The highest BCUT2D eigenvalue weighted by Crippen LogP contribution is 2.09. The van der Waals surface area contributed by atoms with Gasteiger partial charge in [0, 0.05) is 6.42 Å². The first kappa shape index (κ1) is 13.8. The molecule has 0 radical (unpaired) electrons. The molecule has 0 fully saturated rings. The molecular formula is C11H18O4. The van der Waals surface area contributed by atoms with E-state index in [0.29, 0.717) is 6.42 Å². The van der Waals surface area contributed by atoms with Crippen molar-refractivity contribution < 1.29 is 19.1 Å². The second kappa shape index (κ2) is 5.63. The van der Waals surface area contributed by atoms with Crippen LogP contribution in [0.1, 0.15) is 47.0 Å². The maximum absolute atomic E-state index is 11.2. The van der Waals surface area contributed by atoms with Crippen LogP contribution in [0, 0.1) is 0 Å². The van der Waals surface area contributed by atoms with Crippen LogP contribution < -0.4 is 0 Å². The predicted octanol–water partition coefficient (Wildman–Crippen LogP) is 1.66. The van der Waals surface area contributed by atoms with E-state index in [2.05, 4.69) is 0 Å². The summed E-state index contributed by atoms with van der Waals surface area (Å²) >= 11 is 0. The van der Waals surface area contributed by atoms with E-state index in [1.54, 1.807) is 27.7 Å². The Morgan fingerprint density at radius 2 is 1.53 bits per heavy atom. The molecule has 0 aliphatic rings. The maximum atomic E-state index is 11.2. The lowest BCUT2D eigenvalue weighted by atomic mass is 10.1. The standard InChI is InChI=1S/C11H18O4/c1-5-8(12)6-9(13)7-10(14)15-11(2,3)4/h5-7H2,1-4H3. The van der Waals surface area contributed by atoms with Gasteiger partial charge in [0.2, 0.25) is 0 Å². The second-order valence-electron chi connectivity index (χ2n) is 4.37. The summed E-state index contributed by atoms with van der Waals surface area (Å²) < 4.78 is 4.95. The van der Waals surface area contributed by atoms with Crippen molar-refractivity contribution in [2.75, 3.05) is 0 Å². The van der Waals surface area contributed by atoms with Gasteiger partial charge in [-0.15, -0.1) is 0 Å². The first-order chi connectivity index (χ1) is 6.74. The molecule has 0 heterocycles. The molecule has 0 bridgehead atoms. The zero-order valence-electron chi connectivity index (χ0n) is 9.75. The monoisotopic (exact) mass is 214 g/mol. The van der Waals surface area contributed by atoms with Crippen molar-refractivity contribution in [1.82, 2.24) is 0 Å². The van der Waals surface area contributed by atoms with E-state index in [1.807, 2.05) is 0 Å². The molecule has 0 aromatic carbocycles. The molecule has 0 aromatic rings. The van der Waals surface area contributed by atoms with Crippen LogP contribution in [-0.4, -0.2) is 23.1 Å². The molecule has 4 heteroatoms. The van der Waals surface area contributed by atoms with Crippen molar-refractivity contribution >= 4 is 17.5 Å². The number of ether oxygens (including phenoxy) is 1. The molecule has 0 N–H and O–H groups in total. The fourth-order valence-corrected chi connectivity index (χ4v) is 0.946. The van der Waals surface area contributed by atoms with Gasteiger partial charge in [-0.2, -0.15) is 0 Å². The first-order valence-corrected chi connectivity index (χ1v) is 5.00.